The molecule has 0 atom stereocenters. The summed E-state index contributed by atoms with van der Waals surface area (Å²) in [5.41, 5.74) is -1.29. The van der Waals surface area contributed by atoms with E-state index in [1.165, 1.54) is 13.0 Å². The fourth-order valence-electron chi connectivity index (χ4n) is 3.96. The van der Waals surface area contributed by atoms with Gasteiger partial charge in [-0.15, -0.1) is 4.73 Å². The predicted octanol–water partition coefficient (Wildman–Crippen LogP) is 2.57. The van der Waals surface area contributed by atoms with Crippen molar-refractivity contribution in [2.75, 3.05) is 43.1 Å². The van der Waals surface area contributed by atoms with Crippen LogP contribution in [-0.2, 0) is 16.0 Å². The van der Waals surface area contributed by atoms with Crippen LogP contribution < -0.4 is 15.8 Å². The summed E-state index contributed by atoms with van der Waals surface area (Å²) < 4.78 is 32.8. The van der Waals surface area contributed by atoms with Gasteiger partial charge < -0.3 is 20.2 Å². The highest BCUT2D eigenvalue weighted by Crippen LogP contribution is 2.28. The molecule has 2 aromatic heterocycles. The molecule has 0 bridgehead atoms. The molecule has 1 saturated heterocycles. The number of aryl methyl sites for hydroxylation is 1. The Labute approximate surface area is 198 Å². The van der Waals surface area contributed by atoms with Gasteiger partial charge in [-0.3, -0.25) is 14.4 Å². The molecule has 0 amide bonds. The number of carbonyl (C=O) groups excluding carboxylic acids is 2. The van der Waals surface area contributed by atoms with E-state index >= 15 is 0 Å². The summed E-state index contributed by atoms with van der Waals surface area (Å²) in [4.78, 5) is 44.2. The number of benzene rings is 1. The summed E-state index contributed by atoms with van der Waals surface area (Å²) in [7, 11) is 0. The third kappa shape index (κ3) is 5.14. The first-order chi connectivity index (χ1) is 16.8. The van der Waals surface area contributed by atoms with Crippen LogP contribution in [0.1, 0.15) is 29.3 Å². The van der Waals surface area contributed by atoms with Crippen LogP contribution in [-0.4, -0.2) is 59.3 Å². The number of Topliss-reactive ketones (excluding diaryl/α,β-unsaturated/α-hetero) is 2. The molecule has 1 aliphatic heterocycles. The van der Waals surface area contributed by atoms with Gasteiger partial charge >= 0.3 is 0 Å². The van der Waals surface area contributed by atoms with Crippen LogP contribution in [0.2, 0.25) is 0 Å². The van der Waals surface area contributed by atoms with Crippen LogP contribution in [0.25, 0.3) is 11.0 Å². The van der Waals surface area contributed by atoms with Crippen molar-refractivity contribution in [3.8, 4) is 0 Å². The van der Waals surface area contributed by atoms with E-state index < -0.39 is 23.0 Å². The molecule has 0 spiro atoms. The number of fused-ring (bicyclic) bond motifs is 1. The quantitative estimate of drug-likeness (QED) is 0.369. The molecule has 184 valence electrons. The maximum Gasteiger partial charge on any atom is 0.297 e. The van der Waals surface area contributed by atoms with Gasteiger partial charge in [0.25, 0.3) is 5.56 Å². The fourth-order valence-corrected chi connectivity index (χ4v) is 3.96. The molecule has 3 aromatic rings. The second-order valence-electron chi connectivity index (χ2n) is 8.22. The predicted molar refractivity (Wildman–Crippen MR) is 124 cm³/mol. The molecule has 0 unspecified atom stereocenters. The standard InChI is InChI=1S/C24H24F2N4O5/c1-14(31)13-27-22-17-5-7-20(29-8-10-35-11-9-29)28-23(17)30(34)24(33)21(22)19(32)6-3-15-2-4-16(25)12-18(15)26/h2,4-5,7,12,27,34H,3,6,8-11,13H2,1H3. The van der Waals surface area contributed by atoms with Crippen molar-refractivity contribution < 1.29 is 28.3 Å². The minimum absolute atomic E-state index is 0.0658. The van der Waals surface area contributed by atoms with Crippen LogP contribution in [0.5, 0.6) is 0 Å². The number of anilines is 2. The Morgan fingerprint density at radius 3 is 2.60 bits per heavy atom. The van der Waals surface area contributed by atoms with E-state index in [1.54, 1.807) is 12.1 Å². The van der Waals surface area contributed by atoms with Crippen molar-refractivity contribution in [2.45, 2.75) is 19.8 Å². The summed E-state index contributed by atoms with van der Waals surface area (Å²) in [5.74, 6) is -1.94. The number of carbonyl (C=O) groups is 2. The zero-order valence-electron chi connectivity index (χ0n) is 19.0. The number of halogens is 2. The van der Waals surface area contributed by atoms with E-state index in [0.29, 0.717) is 42.9 Å². The maximum absolute atomic E-state index is 14.0. The van der Waals surface area contributed by atoms with E-state index in [1.807, 2.05) is 4.90 Å². The zero-order valence-corrected chi connectivity index (χ0v) is 19.0. The van der Waals surface area contributed by atoms with Gasteiger partial charge in [0.05, 0.1) is 25.4 Å². The van der Waals surface area contributed by atoms with Crippen LogP contribution in [0.4, 0.5) is 20.3 Å². The molecular weight excluding hydrogens is 462 g/mol. The summed E-state index contributed by atoms with van der Waals surface area (Å²) in [6.07, 6.45) is -0.369. The van der Waals surface area contributed by atoms with Gasteiger partial charge in [0.1, 0.15) is 28.8 Å². The van der Waals surface area contributed by atoms with Gasteiger partial charge in [-0.1, -0.05) is 6.07 Å². The van der Waals surface area contributed by atoms with Gasteiger partial charge in [-0.25, -0.2) is 13.8 Å². The molecule has 3 heterocycles. The molecule has 4 rings (SSSR count). The van der Waals surface area contributed by atoms with Crippen LogP contribution >= 0.6 is 0 Å². The third-order valence-electron chi connectivity index (χ3n) is 5.75. The van der Waals surface area contributed by atoms with Crippen molar-refractivity contribution in [1.29, 1.82) is 0 Å². The lowest BCUT2D eigenvalue weighted by Gasteiger charge is -2.28. The Kier molecular flexibility index (Phi) is 7.06. The minimum atomic E-state index is -1.01. The lowest BCUT2D eigenvalue weighted by molar-refractivity contribution is -0.115. The Hall–Kier alpha value is -3.86. The zero-order chi connectivity index (χ0) is 25.1. The highest BCUT2D eigenvalue weighted by molar-refractivity contribution is 6.08. The number of rotatable bonds is 8. The number of pyridine rings is 2. The van der Waals surface area contributed by atoms with Gasteiger partial charge in [0, 0.05) is 31.0 Å². The molecule has 35 heavy (non-hydrogen) atoms. The molecule has 0 saturated carbocycles. The van der Waals surface area contributed by atoms with Crippen LogP contribution in [0.3, 0.4) is 0 Å². The SMILES string of the molecule is CC(=O)CNc1c(C(=O)CCc2ccc(F)cc2F)c(=O)n(O)c2nc(N3CCOCC3)ccc12. The molecule has 1 fully saturated rings. The topological polar surface area (TPSA) is 114 Å². The first-order valence-corrected chi connectivity index (χ1v) is 11.1. The second-order valence-corrected chi connectivity index (χ2v) is 8.22. The van der Waals surface area contributed by atoms with E-state index in [9.17, 15) is 28.4 Å². The second kappa shape index (κ2) is 10.2. The summed E-state index contributed by atoms with van der Waals surface area (Å²) in [6, 6.07) is 6.33. The van der Waals surface area contributed by atoms with Gasteiger partial charge in [0.15, 0.2) is 11.4 Å². The maximum atomic E-state index is 14.0. The Morgan fingerprint density at radius 2 is 1.91 bits per heavy atom. The normalized spacial score (nSPS) is 13.7. The smallest absolute Gasteiger partial charge is 0.297 e. The van der Waals surface area contributed by atoms with E-state index in [-0.39, 0.29) is 53.0 Å². The average Bonchev–Trinajstić information content (AvgIpc) is 2.84. The molecule has 1 aromatic carbocycles. The van der Waals surface area contributed by atoms with Crippen molar-refractivity contribution in [3.05, 3.63) is 63.4 Å². The highest BCUT2D eigenvalue weighted by atomic mass is 19.1. The number of hydrogen-bond donors (Lipinski definition) is 2. The first-order valence-electron chi connectivity index (χ1n) is 11.1. The average molecular weight is 486 g/mol. The molecule has 1 aliphatic rings. The van der Waals surface area contributed by atoms with E-state index in [0.717, 1.165) is 6.07 Å². The lowest BCUT2D eigenvalue weighted by Crippen LogP contribution is -2.37. The molecule has 2 N–H and O–H groups in total. The Bertz CT molecular complexity index is 1350. The number of ketones is 2. The Balaban J connectivity index is 1.75. The number of ether oxygens (including phenoxy) is 1. The van der Waals surface area contributed by atoms with E-state index in [4.69, 9.17) is 4.74 Å². The monoisotopic (exact) mass is 486 g/mol. The number of nitrogens with zero attached hydrogens (tertiary/aromatic N) is 3. The van der Waals surface area contributed by atoms with Gasteiger partial charge in [-0.05, 0) is 37.1 Å². The van der Waals surface area contributed by atoms with Crippen molar-refractivity contribution in [2.24, 2.45) is 0 Å². The number of hydrogen-bond acceptors (Lipinski definition) is 8. The third-order valence-corrected chi connectivity index (χ3v) is 5.75. The van der Waals surface area contributed by atoms with Crippen molar-refractivity contribution in [3.63, 3.8) is 0 Å². The van der Waals surface area contributed by atoms with E-state index in [2.05, 4.69) is 10.3 Å². The van der Waals surface area contributed by atoms with Crippen LogP contribution in [0.15, 0.2) is 35.1 Å². The molecule has 11 heteroatoms. The summed E-state index contributed by atoms with van der Waals surface area (Å²) >= 11 is 0. The number of nitrogens with one attached hydrogen (secondary N) is 1. The highest BCUT2D eigenvalue weighted by Gasteiger charge is 2.25. The van der Waals surface area contributed by atoms with Gasteiger partial charge in [-0.2, -0.15) is 0 Å². The minimum Gasteiger partial charge on any atom is -0.423 e. The molecule has 9 nitrogen and oxygen atoms in total. The van der Waals surface area contributed by atoms with Gasteiger partial charge in [0.2, 0.25) is 0 Å². The molecular formula is C24H24F2N4O5. The first kappa shape index (κ1) is 24.3. The molecule has 0 radical (unpaired) electrons. The summed E-state index contributed by atoms with van der Waals surface area (Å²) in [5, 5.41) is 13.7. The van der Waals surface area contributed by atoms with Crippen molar-refractivity contribution in [1.82, 2.24) is 9.71 Å². The lowest BCUT2D eigenvalue weighted by atomic mass is 10.0. The van der Waals surface area contributed by atoms with Crippen molar-refractivity contribution >= 4 is 34.1 Å². The fraction of sp³-hybridized carbons (Fsp3) is 0.333. The number of morpholine rings is 1. The molecule has 0 aliphatic carbocycles. The largest absolute Gasteiger partial charge is 0.423 e. The summed E-state index contributed by atoms with van der Waals surface area (Å²) in [6.45, 7) is 3.37. The Morgan fingerprint density at radius 1 is 1.17 bits per heavy atom. The van der Waals surface area contributed by atoms with Crippen LogP contribution in [0, 0.1) is 11.6 Å². The number of aromatic nitrogens is 2.